The Hall–Kier alpha value is -1.78. The Morgan fingerprint density at radius 1 is 1.43 bits per heavy atom. The third-order valence-electron chi connectivity index (χ3n) is 1.80. The van der Waals surface area contributed by atoms with Gasteiger partial charge in [0.05, 0.1) is 11.9 Å². The standard InChI is InChI=1S/C9H13N5/c1-6(2)11-7-3-4-8-12-9(10)13-14(8)5-7/h3-6,11H,1-2H3,(H2,10,13). The van der Waals surface area contributed by atoms with Crippen molar-refractivity contribution in [3.63, 3.8) is 0 Å². The Balaban J connectivity index is 2.40. The molecule has 0 bridgehead atoms. The number of rotatable bonds is 2. The van der Waals surface area contributed by atoms with Gasteiger partial charge in [0.1, 0.15) is 0 Å². The number of nitrogens with one attached hydrogen (secondary N) is 1. The van der Waals surface area contributed by atoms with Crippen molar-refractivity contribution in [2.45, 2.75) is 19.9 Å². The van der Waals surface area contributed by atoms with E-state index in [4.69, 9.17) is 5.73 Å². The Morgan fingerprint density at radius 2 is 2.21 bits per heavy atom. The van der Waals surface area contributed by atoms with Crippen LogP contribution in [0.5, 0.6) is 0 Å². The first-order chi connectivity index (χ1) is 6.65. The average molecular weight is 191 g/mol. The summed E-state index contributed by atoms with van der Waals surface area (Å²) in [7, 11) is 0. The molecule has 14 heavy (non-hydrogen) atoms. The predicted molar refractivity (Wildman–Crippen MR) is 56.2 cm³/mol. The van der Waals surface area contributed by atoms with Crippen LogP contribution in [0, 0.1) is 0 Å². The Morgan fingerprint density at radius 3 is 2.93 bits per heavy atom. The lowest BCUT2D eigenvalue weighted by atomic mass is 10.3. The van der Waals surface area contributed by atoms with E-state index in [1.54, 1.807) is 4.52 Å². The van der Waals surface area contributed by atoms with Crippen LogP contribution in [0.2, 0.25) is 0 Å². The van der Waals surface area contributed by atoms with Gasteiger partial charge in [-0.15, -0.1) is 5.10 Å². The largest absolute Gasteiger partial charge is 0.382 e. The zero-order valence-corrected chi connectivity index (χ0v) is 8.23. The first-order valence-electron chi connectivity index (χ1n) is 4.53. The smallest absolute Gasteiger partial charge is 0.240 e. The van der Waals surface area contributed by atoms with Crippen LogP contribution in [0.25, 0.3) is 5.65 Å². The summed E-state index contributed by atoms with van der Waals surface area (Å²) in [5.41, 5.74) is 7.25. The van der Waals surface area contributed by atoms with E-state index in [1.807, 2.05) is 18.3 Å². The molecule has 0 saturated heterocycles. The van der Waals surface area contributed by atoms with Crippen molar-refractivity contribution in [3.8, 4) is 0 Å². The topological polar surface area (TPSA) is 68.2 Å². The zero-order valence-electron chi connectivity index (χ0n) is 8.23. The van der Waals surface area contributed by atoms with Crippen LogP contribution in [0.15, 0.2) is 18.3 Å². The van der Waals surface area contributed by atoms with Crippen LogP contribution in [-0.4, -0.2) is 20.6 Å². The SMILES string of the molecule is CC(C)Nc1ccc2nc(N)nn2c1. The second-order valence-electron chi connectivity index (χ2n) is 3.49. The summed E-state index contributed by atoms with van der Waals surface area (Å²) >= 11 is 0. The number of nitrogen functional groups attached to an aromatic ring is 1. The van der Waals surface area contributed by atoms with Crippen molar-refractivity contribution in [2.24, 2.45) is 0 Å². The summed E-state index contributed by atoms with van der Waals surface area (Å²) < 4.78 is 1.67. The van der Waals surface area contributed by atoms with E-state index in [0.29, 0.717) is 12.0 Å². The Kier molecular flexibility index (Phi) is 1.99. The van der Waals surface area contributed by atoms with E-state index in [2.05, 4.69) is 29.2 Å². The molecule has 0 amide bonds. The van der Waals surface area contributed by atoms with Crippen LogP contribution >= 0.6 is 0 Å². The van der Waals surface area contributed by atoms with Crippen molar-refractivity contribution < 1.29 is 0 Å². The fourth-order valence-corrected chi connectivity index (χ4v) is 1.32. The summed E-state index contributed by atoms with van der Waals surface area (Å²) in [4.78, 5) is 4.04. The Labute approximate surface area is 81.9 Å². The third-order valence-corrected chi connectivity index (χ3v) is 1.80. The van der Waals surface area contributed by atoms with Gasteiger partial charge in [0.25, 0.3) is 0 Å². The maximum Gasteiger partial charge on any atom is 0.240 e. The number of nitrogens with two attached hydrogens (primary N) is 1. The van der Waals surface area contributed by atoms with Crippen molar-refractivity contribution in [2.75, 3.05) is 11.1 Å². The molecule has 5 heteroatoms. The van der Waals surface area contributed by atoms with Gasteiger partial charge in [0, 0.05) is 6.04 Å². The maximum atomic E-state index is 5.48. The molecule has 2 rings (SSSR count). The quantitative estimate of drug-likeness (QED) is 0.746. The molecule has 0 spiro atoms. The van der Waals surface area contributed by atoms with Gasteiger partial charge in [-0.1, -0.05) is 0 Å². The summed E-state index contributed by atoms with van der Waals surface area (Å²) in [6.45, 7) is 4.17. The van der Waals surface area contributed by atoms with Crippen LogP contribution in [0.1, 0.15) is 13.8 Å². The highest BCUT2D eigenvalue weighted by Gasteiger charge is 2.01. The molecule has 0 atom stereocenters. The van der Waals surface area contributed by atoms with Gasteiger partial charge < -0.3 is 11.1 Å². The molecule has 0 aliphatic rings. The summed E-state index contributed by atoms with van der Waals surface area (Å²) in [6.07, 6.45) is 1.87. The molecule has 0 radical (unpaired) electrons. The minimum absolute atomic E-state index is 0.298. The zero-order chi connectivity index (χ0) is 10.1. The molecule has 0 saturated carbocycles. The normalized spacial score (nSPS) is 11.1. The molecule has 74 valence electrons. The lowest BCUT2D eigenvalue weighted by Gasteiger charge is -2.08. The Bertz CT molecular complexity index is 445. The van der Waals surface area contributed by atoms with E-state index < -0.39 is 0 Å². The van der Waals surface area contributed by atoms with Crippen LogP contribution in [0.3, 0.4) is 0 Å². The van der Waals surface area contributed by atoms with Crippen molar-refractivity contribution >= 4 is 17.3 Å². The van der Waals surface area contributed by atoms with Gasteiger partial charge in [0.2, 0.25) is 5.95 Å². The number of nitrogens with zero attached hydrogens (tertiary/aromatic N) is 3. The minimum atomic E-state index is 0.298. The first-order valence-corrected chi connectivity index (χ1v) is 4.53. The van der Waals surface area contributed by atoms with Gasteiger partial charge in [-0.3, -0.25) is 0 Å². The van der Waals surface area contributed by atoms with Crippen LogP contribution in [-0.2, 0) is 0 Å². The number of pyridine rings is 1. The molecule has 2 aromatic rings. The number of anilines is 2. The van der Waals surface area contributed by atoms with Crippen molar-refractivity contribution in [3.05, 3.63) is 18.3 Å². The van der Waals surface area contributed by atoms with E-state index in [1.165, 1.54) is 0 Å². The van der Waals surface area contributed by atoms with Gasteiger partial charge in [-0.05, 0) is 26.0 Å². The summed E-state index contributed by atoms with van der Waals surface area (Å²) in [6, 6.07) is 4.24. The summed E-state index contributed by atoms with van der Waals surface area (Å²) in [5, 5.41) is 7.30. The number of hydrogen-bond acceptors (Lipinski definition) is 4. The fourth-order valence-electron chi connectivity index (χ4n) is 1.32. The van der Waals surface area contributed by atoms with Crippen molar-refractivity contribution in [1.29, 1.82) is 0 Å². The molecular weight excluding hydrogens is 178 g/mol. The van der Waals surface area contributed by atoms with Crippen molar-refractivity contribution in [1.82, 2.24) is 14.6 Å². The lowest BCUT2D eigenvalue weighted by Crippen LogP contribution is -2.10. The first kappa shape index (κ1) is 8.80. The summed E-state index contributed by atoms with van der Waals surface area (Å²) in [5.74, 6) is 0.298. The molecule has 0 aromatic carbocycles. The minimum Gasteiger partial charge on any atom is -0.382 e. The number of fused-ring (bicyclic) bond motifs is 1. The second-order valence-corrected chi connectivity index (χ2v) is 3.49. The monoisotopic (exact) mass is 191 g/mol. The highest BCUT2D eigenvalue weighted by Crippen LogP contribution is 2.10. The van der Waals surface area contributed by atoms with E-state index in [9.17, 15) is 0 Å². The number of hydrogen-bond donors (Lipinski definition) is 2. The molecule has 2 heterocycles. The van der Waals surface area contributed by atoms with Gasteiger partial charge in [-0.25, -0.2) is 4.52 Å². The maximum absolute atomic E-state index is 5.48. The number of aromatic nitrogens is 3. The molecule has 0 aliphatic heterocycles. The van der Waals surface area contributed by atoms with E-state index in [-0.39, 0.29) is 0 Å². The third kappa shape index (κ3) is 1.61. The van der Waals surface area contributed by atoms with E-state index in [0.717, 1.165) is 11.3 Å². The van der Waals surface area contributed by atoms with Gasteiger partial charge >= 0.3 is 0 Å². The molecule has 0 aliphatic carbocycles. The van der Waals surface area contributed by atoms with Crippen LogP contribution < -0.4 is 11.1 Å². The molecule has 2 aromatic heterocycles. The molecule has 5 nitrogen and oxygen atoms in total. The molecule has 0 fully saturated rings. The van der Waals surface area contributed by atoms with E-state index >= 15 is 0 Å². The molecule has 0 unspecified atom stereocenters. The highest BCUT2D eigenvalue weighted by molar-refractivity contribution is 5.51. The molecular formula is C9H13N5. The van der Waals surface area contributed by atoms with Crippen LogP contribution in [0.4, 0.5) is 11.6 Å². The van der Waals surface area contributed by atoms with Gasteiger partial charge in [0.15, 0.2) is 5.65 Å². The predicted octanol–water partition coefficient (Wildman–Crippen LogP) is 1.13. The van der Waals surface area contributed by atoms with Gasteiger partial charge in [-0.2, -0.15) is 4.98 Å². The fraction of sp³-hybridized carbons (Fsp3) is 0.333. The second kappa shape index (κ2) is 3.17. The molecule has 3 N–H and O–H groups in total. The lowest BCUT2D eigenvalue weighted by molar-refractivity contribution is 0.889. The average Bonchev–Trinajstić information content (AvgIpc) is 2.42. The highest BCUT2D eigenvalue weighted by atomic mass is 15.3.